The van der Waals surface area contributed by atoms with Gasteiger partial charge in [-0.3, -0.25) is 0 Å². The number of rotatable bonds is 4. The minimum atomic E-state index is -1.24. The van der Waals surface area contributed by atoms with Crippen LogP contribution in [0.4, 0.5) is 0 Å². The van der Waals surface area contributed by atoms with E-state index in [4.69, 9.17) is 9.53 Å². The van der Waals surface area contributed by atoms with Gasteiger partial charge in [0.25, 0.3) is 0 Å². The second-order valence-corrected chi connectivity index (χ2v) is 4.52. The molecule has 0 fully saturated rings. The van der Waals surface area contributed by atoms with Gasteiger partial charge in [0.05, 0.1) is 0 Å². The third-order valence-corrected chi connectivity index (χ3v) is 3.14. The van der Waals surface area contributed by atoms with Crippen LogP contribution in [0.3, 0.4) is 0 Å². The molecule has 0 aliphatic heterocycles. The van der Waals surface area contributed by atoms with Gasteiger partial charge >= 0.3 is 5.97 Å². The molecule has 0 rings (SSSR count). The fourth-order valence-electron chi connectivity index (χ4n) is 0.694. The number of allylic oxidation sites excluding steroid dienone is 1. The smallest absolute Gasteiger partial charge is 0.333 e. The van der Waals surface area contributed by atoms with Gasteiger partial charge in [-0.25, -0.2) is 4.79 Å². The van der Waals surface area contributed by atoms with Crippen molar-refractivity contribution in [3.8, 4) is 0 Å². The molecule has 0 saturated carbocycles. The summed E-state index contributed by atoms with van der Waals surface area (Å²) in [5.74, 6) is -0.298. The molecule has 0 aromatic heterocycles. The molecule has 0 saturated heterocycles. The largest absolute Gasteiger partial charge is 0.461 e. The van der Waals surface area contributed by atoms with E-state index >= 15 is 0 Å². The molecular weight excluding hydrogens is 184 g/mol. The molecule has 3 nitrogen and oxygen atoms in total. The first kappa shape index (κ1) is 12.4. The maximum atomic E-state index is 11.3. The van der Waals surface area contributed by atoms with Crippen molar-refractivity contribution in [1.82, 2.24) is 0 Å². The first-order valence-electron chi connectivity index (χ1n) is 4.48. The SMILES string of the molecule is CCC(OC(=O)C(C)=C(C)C)[SiH2]O. The van der Waals surface area contributed by atoms with Crippen LogP contribution in [-0.2, 0) is 9.53 Å². The summed E-state index contributed by atoms with van der Waals surface area (Å²) in [5.41, 5.74) is 1.36. The van der Waals surface area contributed by atoms with E-state index < -0.39 is 9.76 Å². The highest BCUT2D eigenvalue weighted by Crippen LogP contribution is 2.07. The van der Waals surface area contributed by atoms with Crippen LogP contribution in [0.1, 0.15) is 34.1 Å². The van der Waals surface area contributed by atoms with Crippen molar-refractivity contribution in [2.24, 2.45) is 0 Å². The number of ether oxygens (including phenoxy) is 1. The molecule has 0 aromatic carbocycles. The van der Waals surface area contributed by atoms with Crippen molar-refractivity contribution in [3.05, 3.63) is 11.1 Å². The molecular formula is C9H18O3Si. The molecule has 0 aliphatic carbocycles. The van der Waals surface area contributed by atoms with Crippen molar-refractivity contribution >= 4 is 15.7 Å². The van der Waals surface area contributed by atoms with Crippen LogP contribution < -0.4 is 0 Å². The van der Waals surface area contributed by atoms with Gasteiger partial charge in [-0.15, -0.1) is 0 Å². The first-order chi connectivity index (χ1) is 6.02. The second-order valence-electron chi connectivity index (χ2n) is 3.24. The zero-order valence-corrected chi connectivity index (χ0v) is 10.2. The zero-order chi connectivity index (χ0) is 10.4. The van der Waals surface area contributed by atoms with E-state index in [1.165, 1.54) is 0 Å². The van der Waals surface area contributed by atoms with Gasteiger partial charge in [-0.1, -0.05) is 12.5 Å². The van der Waals surface area contributed by atoms with Crippen molar-refractivity contribution in [1.29, 1.82) is 0 Å². The zero-order valence-electron chi connectivity index (χ0n) is 8.76. The summed E-state index contributed by atoms with van der Waals surface area (Å²) in [7, 11) is -1.24. The van der Waals surface area contributed by atoms with Gasteiger partial charge in [0, 0.05) is 5.57 Å². The quantitative estimate of drug-likeness (QED) is 0.415. The van der Waals surface area contributed by atoms with Crippen LogP contribution in [0.5, 0.6) is 0 Å². The molecule has 1 atom stereocenters. The average Bonchev–Trinajstić information content (AvgIpc) is 2.12. The van der Waals surface area contributed by atoms with Crippen LogP contribution in [0.15, 0.2) is 11.1 Å². The Morgan fingerprint density at radius 2 is 2.00 bits per heavy atom. The molecule has 0 radical (unpaired) electrons. The maximum Gasteiger partial charge on any atom is 0.333 e. The van der Waals surface area contributed by atoms with Crippen molar-refractivity contribution in [2.75, 3.05) is 0 Å². The van der Waals surface area contributed by atoms with Gasteiger partial charge in [-0.2, -0.15) is 0 Å². The lowest BCUT2D eigenvalue weighted by Gasteiger charge is -2.13. The molecule has 0 bridgehead atoms. The lowest BCUT2D eigenvalue weighted by Crippen LogP contribution is -2.24. The molecule has 1 N–H and O–H groups in total. The molecule has 4 heteroatoms. The number of carbonyl (C=O) groups excluding carboxylic acids is 1. The topological polar surface area (TPSA) is 46.5 Å². The molecule has 0 heterocycles. The molecule has 13 heavy (non-hydrogen) atoms. The maximum absolute atomic E-state index is 11.3. The van der Waals surface area contributed by atoms with E-state index in [1.807, 2.05) is 20.8 Å². The van der Waals surface area contributed by atoms with E-state index in [1.54, 1.807) is 6.92 Å². The standard InChI is InChI=1S/C9H18O3Si/c1-5-8(13-11)12-9(10)7(4)6(2)3/h8,11H,5,13H2,1-4H3. The Labute approximate surface area is 81.7 Å². The van der Waals surface area contributed by atoms with E-state index in [9.17, 15) is 4.79 Å². The lowest BCUT2D eigenvalue weighted by atomic mass is 10.2. The van der Waals surface area contributed by atoms with Crippen molar-refractivity contribution in [3.63, 3.8) is 0 Å². The predicted octanol–water partition coefficient (Wildman–Crippen LogP) is 0.698. The molecule has 0 aromatic rings. The highest BCUT2D eigenvalue weighted by Gasteiger charge is 2.13. The Kier molecular flexibility index (Phi) is 5.66. The van der Waals surface area contributed by atoms with Crippen molar-refractivity contribution in [2.45, 2.75) is 39.8 Å². The number of carbonyl (C=O) groups is 1. The fourth-order valence-corrected chi connectivity index (χ4v) is 1.18. The second kappa shape index (κ2) is 5.94. The van der Waals surface area contributed by atoms with Crippen LogP contribution in [0, 0.1) is 0 Å². The average molecular weight is 202 g/mol. The van der Waals surface area contributed by atoms with Gasteiger partial charge in [0.15, 0.2) is 9.76 Å². The minimum Gasteiger partial charge on any atom is -0.461 e. The normalized spacial score (nSPS) is 13.0. The Bertz CT molecular complexity index is 203. The Hall–Kier alpha value is -0.613. The summed E-state index contributed by atoms with van der Waals surface area (Å²) in [4.78, 5) is 20.3. The summed E-state index contributed by atoms with van der Waals surface area (Å²) < 4.78 is 5.09. The van der Waals surface area contributed by atoms with E-state index in [0.29, 0.717) is 12.0 Å². The Morgan fingerprint density at radius 3 is 2.31 bits per heavy atom. The number of esters is 1. The Morgan fingerprint density at radius 1 is 1.46 bits per heavy atom. The predicted molar refractivity (Wildman–Crippen MR) is 55.0 cm³/mol. The summed E-state index contributed by atoms with van der Waals surface area (Å²) in [6.45, 7) is 7.38. The van der Waals surface area contributed by atoms with Crippen LogP contribution in [-0.4, -0.2) is 26.3 Å². The third kappa shape index (κ3) is 4.24. The molecule has 76 valence electrons. The van der Waals surface area contributed by atoms with E-state index in [2.05, 4.69) is 0 Å². The summed E-state index contributed by atoms with van der Waals surface area (Å²) in [6, 6.07) is 0. The van der Waals surface area contributed by atoms with Gasteiger partial charge < -0.3 is 9.53 Å². The van der Waals surface area contributed by atoms with Crippen molar-refractivity contribution < 1.29 is 14.3 Å². The molecule has 0 spiro atoms. The molecule has 0 aliphatic rings. The number of hydrogen-bond donors (Lipinski definition) is 1. The monoisotopic (exact) mass is 202 g/mol. The molecule has 1 unspecified atom stereocenters. The highest BCUT2D eigenvalue weighted by atomic mass is 28.2. The summed E-state index contributed by atoms with van der Waals surface area (Å²) in [5, 5.41) is 0. The Balaban J connectivity index is 4.23. The lowest BCUT2D eigenvalue weighted by molar-refractivity contribution is -0.141. The summed E-state index contributed by atoms with van der Waals surface area (Å²) >= 11 is 0. The van der Waals surface area contributed by atoms with Gasteiger partial charge in [-0.05, 0) is 27.2 Å². The van der Waals surface area contributed by atoms with Crippen LogP contribution >= 0.6 is 0 Å². The number of hydrogen-bond acceptors (Lipinski definition) is 3. The van der Waals surface area contributed by atoms with Crippen LogP contribution in [0.25, 0.3) is 0 Å². The van der Waals surface area contributed by atoms with Crippen LogP contribution in [0.2, 0.25) is 0 Å². The highest BCUT2D eigenvalue weighted by molar-refractivity contribution is 6.27. The third-order valence-electron chi connectivity index (χ3n) is 1.99. The van der Waals surface area contributed by atoms with Gasteiger partial charge in [0.2, 0.25) is 0 Å². The first-order valence-corrected chi connectivity index (χ1v) is 5.93. The van der Waals surface area contributed by atoms with Gasteiger partial charge in [0.1, 0.15) is 5.73 Å². The molecule has 0 amide bonds. The summed E-state index contributed by atoms with van der Waals surface area (Å²) in [6.07, 6.45) is 0.699. The fraction of sp³-hybridized carbons (Fsp3) is 0.667. The minimum absolute atomic E-state index is 0.234. The van der Waals surface area contributed by atoms with E-state index in [0.717, 1.165) is 5.57 Å². The van der Waals surface area contributed by atoms with E-state index in [-0.39, 0.29) is 11.7 Å².